The molecule has 7 heteroatoms. The minimum Gasteiger partial charge on any atom is -0.339 e. The van der Waals surface area contributed by atoms with E-state index in [9.17, 15) is 9.59 Å². The lowest BCUT2D eigenvalue weighted by Crippen LogP contribution is -2.40. The molecule has 0 saturated carbocycles. The molecule has 0 atom stereocenters. The molecule has 0 unspecified atom stereocenters. The molecule has 0 N–H and O–H groups in total. The summed E-state index contributed by atoms with van der Waals surface area (Å²) in [5.74, 6) is 0.119. The maximum absolute atomic E-state index is 13.6. The number of hydrogen-bond donors (Lipinski definition) is 0. The minimum atomic E-state index is -0.0385. The van der Waals surface area contributed by atoms with Crippen LogP contribution in [0.4, 0.5) is 0 Å². The number of Topliss-reactive ketones (excluding diaryl/α,β-unsaturated/α-hetero) is 1. The molecule has 1 aromatic carbocycles. The highest BCUT2D eigenvalue weighted by molar-refractivity contribution is 7.13. The fourth-order valence-corrected chi connectivity index (χ4v) is 5.05. The van der Waals surface area contributed by atoms with Gasteiger partial charge >= 0.3 is 0 Å². The van der Waals surface area contributed by atoms with Crippen molar-refractivity contribution in [3.8, 4) is 10.6 Å². The summed E-state index contributed by atoms with van der Waals surface area (Å²) in [5.41, 5.74) is 2.91. The zero-order valence-corrected chi connectivity index (χ0v) is 18.7. The lowest BCUT2D eigenvalue weighted by Gasteiger charge is -2.31. The average molecular weight is 445 g/mol. The predicted octanol–water partition coefficient (Wildman–Crippen LogP) is 4.91. The number of carbonyl (C=O) groups excluding carboxylic acids is 2. The Balaban J connectivity index is 1.41. The minimum absolute atomic E-state index is 0.0172. The third-order valence-corrected chi connectivity index (χ3v) is 7.02. The van der Waals surface area contributed by atoms with Gasteiger partial charge in [-0.25, -0.2) is 9.67 Å². The topological polar surface area (TPSA) is 68.1 Å². The number of likely N-dealkylation sites (tertiary alicyclic amines) is 1. The van der Waals surface area contributed by atoms with Crippen LogP contribution in [-0.2, 0) is 6.54 Å². The first-order chi connectivity index (χ1) is 15.7. The molecule has 4 aromatic rings. The summed E-state index contributed by atoms with van der Waals surface area (Å²) >= 11 is 1.60. The summed E-state index contributed by atoms with van der Waals surface area (Å²) in [6.45, 7) is 3.84. The summed E-state index contributed by atoms with van der Waals surface area (Å²) in [4.78, 5) is 34.1. The molecule has 0 aliphatic carbocycles. The monoisotopic (exact) mass is 444 g/mol. The van der Waals surface area contributed by atoms with Crippen LogP contribution in [0.25, 0.3) is 21.6 Å². The van der Waals surface area contributed by atoms with Crippen LogP contribution >= 0.6 is 11.3 Å². The van der Waals surface area contributed by atoms with Gasteiger partial charge in [0.15, 0.2) is 11.4 Å². The van der Waals surface area contributed by atoms with Crippen LogP contribution in [0.3, 0.4) is 0 Å². The Morgan fingerprint density at radius 1 is 1.09 bits per heavy atom. The molecule has 32 heavy (non-hydrogen) atoms. The van der Waals surface area contributed by atoms with Crippen molar-refractivity contribution in [1.29, 1.82) is 0 Å². The zero-order chi connectivity index (χ0) is 22.1. The van der Waals surface area contributed by atoms with E-state index in [4.69, 9.17) is 4.98 Å². The molecule has 1 aliphatic heterocycles. The SMILES string of the molecule is CCn1ncc2c(C(=O)N3CCC(C(=O)c4ccccc4)CC3)cc(-c3cccs3)nc21. The largest absolute Gasteiger partial charge is 0.339 e. The van der Waals surface area contributed by atoms with Gasteiger partial charge in [0.1, 0.15) is 0 Å². The molecule has 4 heterocycles. The van der Waals surface area contributed by atoms with Crippen molar-refractivity contribution < 1.29 is 9.59 Å². The first-order valence-corrected chi connectivity index (χ1v) is 11.8. The number of pyridine rings is 1. The van der Waals surface area contributed by atoms with Gasteiger partial charge in [-0.1, -0.05) is 36.4 Å². The quantitative estimate of drug-likeness (QED) is 0.410. The molecular weight excluding hydrogens is 420 g/mol. The first kappa shape index (κ1) is 20.6. The van der Waals surface area contributed by atoms with Gasteiger partial charge in [0.05, 0.1) is 27.7 Å². The molecule has 1 saturated heterocycles. The van der Waals surface area contributed by atoms with E-state index >= 15 is 0 Å². The lowest BCUT2D eigenvalue weighted by atomic mass is 9.88. The molecule has 6 nitrogen and oxygen atoms in total. The first-order valence-electron chi connectivity index (χ1n) is 10.9. The maximum atomic E-state index is 13.6. The van der Waals surface area contributed by atoms with Crippen molar-refractivity contribution >= 4 is 34.1 Å². The van der Waals surface area contributed by atoms with Gasteiger partial charge in [0.25, 0.3) is 5.91 Å². The fraction of sp³-hybridized carbons (Fsp3) is 0.280. The summed E-state index contributed by atoms with van der Waals surface area (Å²) in [6.07, 6.45) is 3.10. The fourth-order valence-electron chi connectivity index (χ4n) is 4.36. The van der Waals surface area contributed by atoms with E-state index in [1.807, 2.05) is 70.4 Å². The van der Waals surface area contributed by atoms with Crippen LogP contribution < -0.4 is 0 Å². The number of fused-ring (bicyclic) bond motifs is 1. The molecule has 5 rings (SSSR count). The Morgan fingerprint density at radius 3 is 2.56 bits per heavy atom. The summed E-state index contributed by atoms with van der Waals surface area (Å²) in [6, 6.07) is 15.3. The highest BCUT2D eigenvalue weighted by Crippen LogP contribution is 2.30. The number of amides is 1. The molecule has 3 aromatic heterocycles. The molecule has 0 radical (unpaired) electrons. The molecule has 1 aliphatic rings. The number of nitrogens with zero attached hydrogens (tertiary/aromatic N) is 4. The molecule has 0 spiro atoms. The lowest BCUT2D eigenvalue weighted by molar-refractivity contribution is 0.0652. The van der Waals surface area contributed by atoms with Crippen LogP contribution in [0.15, 0.2) is 60.1 Å². The van der Waals surface area contributed by atoms with Gasteiger partial charge in [-0.05, 0) is 37.3 Å². The van der Waals surface area contributed by atoms with E-state index in [0.717, 1.165) is 27.2 Å². The standard InChI is InChI=1S/C25H24N4O2S/c1-2-29-24-20(16-26-29)19(15-21(27-24)22-9-6-14-32-22)25(31)28-12-10-18(11-13-28)23(30)17-7-4-3-5-8-17/h3-9,14-16,18H,2,10-13H2,1H3. The number of aromatic nitrogens is 3. The van der Waals surface area contributed by atoms with Gasteiger partial charge in [-0.3, -0.25) is 9.59 Å². The van der Waals surface area contributed by atoms with E-state index in [1.54, 1.807) is 17.5 Å². The molecule has 162 valence electrons. The van der Waals surface area contributed by atoms with Crippen LogP contribution in [-0.4, -0.2) is 44.4 Å². The van der Waals surface area contributed by atoms with Gasteiger partial charge in [-0.15, -0.1) is 11.3 Å². The molecular formula is C25H24N4O2S. The Bertz CT molecular complexity index is 1260. The van der Waals surface area contributed by atoms with Gasteiger partial charge in [0, 0.05) is 31.1 Å². The number of hydrogen-bond acceptors (Lipinski definition) is 5. The van der Waals surface area contributed by atoms with E-state index in [-0.39, 0.29) is 17.6 Å². The number of thiophene rings is 1. The van der Waals surface area contributed by atoms with Crippen molar-refractivity contribution in [3.05, 3.63) is 71.2 Å². The second kappa shape index (κ2) is 8.67. The number of rotatable bonds is 5. The number of piperidine rings is 1. The highest BCUT2D eigenvalue weighted by atomic mass is 32.1. The van der Waals surface area contributed by atoms with E-state index in [1.165, 1.54) is 0 Å². The predicted molar refractivity (Wildman–Crippen MR) is 126 cm³/mol. The Kier molecular flexibility index (Phi) is 5.57. The maximum Gasteiger partial charge on any atom is 0.254 e. The Morgan fingerprint density at radius 2 is 1.88 bits per heavy atom. The average Bonchev–Trinajstić information content (AvgIpc) is 3.53. The van der Waals surface area contributed by atoms with Crippen molar-refractivity contribution in [3.63, 3.8) is 0 Å². The van der Waals surface area contributed by atoms with Crippen molar-refractivity contribution in [2.45, 2.75) is 26.3 Å². The number of aryl methyl sites for hydroxylation is 1. The third kappa shape index (κ3) is 3.73. The highest BCUT2D eigenvalue weighted by Gasteiger charge is 2.29. The smallest absolute Gasteiger partial charge is 0.254 e. The number of carbonyl (C=O) groups is 2. The molecule has 1 amide bonds. The van der Waals surface area contributed by atoms with Crippen LogP contribution in [0.1, 0.15) is 40.5 Å². The van der Waals surface area contributed by atoms with Crippen molar-refractivity contribution in [2.24, 2.45) is 5.92 Å². The summed E-state index contributed by atoms with van der Waals surface area (Å²) < 4.78 is 1.83. The summed E-state index contributed by atoms with van der Waals surface area (Å²) in [7, 11) is 0. The van der Waals surface area contributed by atoms with Crippen molar-refractivity contribution in [2.75, 3.05) is 13.1 Å². The second-order valence-corrected chi connectivity index (χ2v) is 8.97. The molecule has 1 fully saturated rings. The van der Waals surface area contributed by atoms with E-state index in [0.29, 0.717) is 38.0 Å². The zero-order valence-electron chi connectivity index (χ0n) is 17.9. The van der Waals surface area contributed by atoms with Crippen LogP contribution in [0.5, 0.6) is 0 Å². The number of ketones is 1. The number of benzene rings is 1. The van der Waals surface area contributed by atoms with Gasteiger partial charge in [0.2, 0.25) is 0 Å². The summed E-state index contributed by atoms with van der Waals surface area (Å²) in [5, 5.41) is 7.22. The molecule has 0 bridgehead atoms. The Hall–Kier alpha value is -3.32. The van der Waals surface area contributed by atoms with Gasteiger partial charge < -0.3 is 4.90 Å². The third-order valence-electron chi connectivity index (χ3n) is 6.12. The van der Waals surface area contributed by atoms with E-state index in [2.05, 4.69) is 5.10 Å². The van der Waals surface area contributed by atoms with E-state index < -0.39 is 0 Å². The normalized spacial score (nSPS) is 14.7. The van der Waals surface area contributed by atoms with Crippen LogP contribution in [0, 0.1) is 5.92 Å². The van der Waals surface area contributed by atoms with Crippen LogP contribution in [0.2, 0.25) is 0 Å². The van der Waals surface area contributed by atoms with Gasteiger partial charge in [-0.2, -0.15) is 5.10 Å². The second-order valence-electron chi connectivity index (χ2n) is 8.03. The Labute approximate surface area is 190 Å². The van der Waals surface area contributed by atoms with Crippen molar-refractivity contribution in [1.82, 2.24) is 19.7 Å².